The number of esters is 1. The SMILES string of the molecule is C#CCCC(=O)OC(=C)CCC(=O)O. The maximum absolute atomic E-state index is 10.9. The van der Waals surface area contributed by atoms with E-state index in [2.05, 4.69) is 12.5 Å². The molecule has 0 bridgehead atoms. The van der Waals surface area contributed by atoms with E-state index in [0.717, 1.165) is 0 Å². The molecular formula is C10H12O4. The van der Waals surface area contributed by atoms with Crippen molar-refractivity contribution in [2.45, 2.75) is 25.7 Å². The van der Waals surface area contributed by atoms with Crippen molar-refractivity contribution >= 4 is 11.9 Å². The quantitative estimate of drug-likeness (QED) is 0.395. The fourth-order valence-corrected chi connectivity index (χ4v) is 0.684. The van der Waals surface area contributed by atoms with Crippen molar-refractivity contribution in [3.05, 3.63) is 12.3 Å². The Morgan fingerprint density at radius 1 is 1.36 bits per heavy atom. The van der Waals surface area contributed by atoms with Gasteiger partial charge in [0.25, 0.3) is 0 Å². The number of aliphatic carboxylic acids is 1. The number of carbonyl (C=O) groups is 2. The van der Waals surface area contributed by atoms with Gasteiger partial charge in [-0.1, -0.05) is 6.58 Å². The van der Waals surface area contributed by atoms with Crippen LogP contribution in [0.5, 0.6) is 0 Å². The number of allylic oxidation sites excluding steroid dienone is 1. The Morgan fingerprint density at radius 2 is 2.00 bits per heavy atom. The molecule has 0 aromatic rings. The van der Waals surface area contributed by atoms with Crippen LogP contribution in [0.3, 0.4) is 0 Å². The molecule has 4 heteroatoms. The molecule has 0 amide bonds. The molecule has 0 radical (unpaired) electrons. The van der Waals surface area contributed by atoms with E-state index >= 15 is 0 Å². The van der Waals surface area contributed by atoms with Gasteiger partial charge in [-0.3, -0.25) is 9.59 Å². The van der Waals surface area contributed by atoms with E-state index < -0.39 is 11.9 Å². The molecule has 0 aliphatic carbocycles. The van der Waals surface area contributed by atoms with E-state index in [4.69, 9.17) is 16.3 Å². The van der Waals surface area contributed by atoms with Crippen LogP contribution in [0.1, 0.15) is 25.7 Å². The lowest BCUT2D eigenvalue weighted by Gasteiger charge is -2.04. The first kappa shape index (κ1) is 12.2. The third-order valence-electron chi connectivity index (χ3n) is 1.35. The highest BCUT2D eigenvalue weighted by Gasteiger charge is 2.06. The van der Waals surface area contributed by atoms with E-state index in [1.165, 1.54) is 0 Å². The number of rotatable bonds is 6. The van der Waals surface area contributed by atoms with Gasteiger partial charge in [0.1, 0.15) is 5.76 Å². The van der Waals surface area contributed by atoms with Crippen LogP contribution in [0, 0.1) is 12.3 Å². The van der Waals surface area contributed by atoms with Crippen molar-refractivity contribution in [3.8, 4) is 12.3 Å². The molecule has 0 spiro atoms. The molecular weight excluding hydrogens is 184 g/mol. The Bertz CT molecular complexity index is 272. The lowest BCUT2D eigenvalue weighted by Crippen LogP contribution is -2.04. The zero-order chi connectivity index (χ0) is 11.0. The number of hydrogen-bond acceptors (Lipinski definition) is 3. The summed E-state index contributed by atoms with van der Waals surface area (Å²) in [6.07, 6.45) is 5.43. The number of terminal acetylenes is 1. The molecule has 4 nitrogen and oxygen atoms in total. The zero-order valence-electron chi connectivity index (χ0n) is 7.78. The second-order valence-corrected chi connectivity index (χ2v) is 2.61. The van der Waals surface area contributed by atoms with Crippen molar-refractivity contribution < 1.29 is 19.4 Å². The number of carboxylic acid groups (broad SMARTS) is 1. The highest BCUT2D eigenvalue weighted by atomic mass is 16.5. The molecule has 0 heterocycles. The smallest absolute Gasteiger partial charge is 0.311 e. The Morgan fingerprint density at radius 3 is 2.50 bits per heavy atom. The molecule has 0 aromatic heterocycles. The maximum atomic E-state index is 10.9. The largest absolute Gasteiger partial charge is 0.481 e. The molecule has 76 valence electrons. The second-order valence-electron chi connectivity index (χ2n) is 2.61. The normalized spacial score (nSPS) is 8.79. The molecule has 0 aromatic carbocycles. The molecule has 14 heavy (non-hydrogen) atoms. The van der Waals surface area contributed by atoms with Crippen molar-refractivity contribution in [2.75, 3.05) is 0 Å². The fourth-order valence-electron chi connectivity index (χ4n) is 0.684. The molecule has 0 aliphatic rings. The number of carboxylic acids is 1. The van der Waals surface area contributed by atoms with Crippen molar-refractivity contribution in [2.24, 2.45) is 0 Å². The highest BCUT2D eigenvalue weighted by Crippen LogP contribution is 2.06. The Hall–Kier alpha value is -1.76. The van der Waals surface area contributed by atoms with Crippen LogP contribution < -0.4 is 0 Å². The van der Waals surface area contributed by atoms with Crippen LogP contribution in [0.25, 0.3) is 0 Å². The van der Waals surface area contributed by atoms with Gasteiger partial charge in [0.15, 0.2) is 0 Å². The highest BCUT2D eigenvalue weighted by molar-refractivity contribution is 5.71. The first-order valence-corrected chi connectivity index (χ1v) is 4.10. The maximum Gasteiger partial charge on any atom is 0.311 e. The van der Waals surface area contributed by atoms with E-state index in [-0.39, 0.29) is 25.0 Å². The van der Waals surface area contributed by atoms with E-state index in [9.17, 15) is 9.59 Å². The number of ether oxygens (including phenoxy) is 1. The molecule has 0 fully saturated rings. The molecule has 0 rings (SSSR count). The monoisotopic (exact) mass is 196 g/mol. The first-order valence-electron chi connectivity index (χ1n) is 4.10. The van der Waals surface area contributed by atoms with Gasteiger partial charge in [0.05, 0.1) is 12.8 Å². The van der Waals surface area contributed by atoms with Crippen LogP contribution in [0.15, 0.2) is 12.3 Å². The Labute approximate surface area is 82.6 Å². The summed E-state index contributed by atoms with van der Waals surface area (Å²) in [5, 5.41) is 8.33. The van der Waals surface area contributed by atoms with Crippen LogP contribution in [-0.2, 0) is 14.3 Å². The van der Waals surface area contributed by atoms with Crippen LogP contribution >= 0.6 is 0 Å². The lowest BCUT2D eigenvalue weighted by atomic mass is 10.3. The van der Waals surface area contributed by atoms with Gasteiger partial charge in [-0.15, -0.1) is 12.3 Å². The Kier molecular flexibility index (Phi) is 5.88. The van der Waals surface area contributed by atoms with Crippen LogP contribution in [-0.4, -0.2) is 17.0 Å². The van der Waals surface area contributed by atoms with Crippen molar-refractivity contribution in [1.29, 1.82) is 0 Å². The molecule has 0 aliphatic heterocycles. The van der Waals surface area contributed by atoms with Crippen molar-refractivity contribution in [3.63, 3.8) is 0 Å². The molecule has 0 atom stereocenters. The molecule has 0 saturated carbocycles. The van der Waals surface area contributed by atoms with Crippen LogP contribution in [0.4, 0.5) is 0 Å². The summed E-state index contributed by atoms with van der Waals surface area (Å²) in [7, 11) is 0. The third-order valence-corrected chi connectivity index (χ3v) is 1.35. The summed E-state index contributed by atoms with van der Waals surface area (Å²) in [6, 6.07) is 0. The standard InChI is InChI=1S/C10H12O4/c1-3-4-5-10(13)14-8(2)6-7-9(11)12/h1H,2,4-7H2,(H,11,12). The number of carbonyl (C=O) groups excluding carboxylic acids is 1. The van der Waals surface area contributed by atoms with Gasteiger partial charge >= 0.3 is 11.9 Å². The molecule has 0 unspecified atom stereocenters. The molecule has 1 N–H and O–H groups in total. The van der Waals surface area contributed by atoms with Gasteiger partial charge in [0, 0.05) is 12.8 Å². The lowest BCUT2D eigenvalue weighted by molar-refractivity contribution is -0.141. The minimum atomic E-state index is -0.953. The minimum Gasteiger partial charge on any atom is -0.481 e. The van der Waals surface area contributed by atoms with Gasteiger partial charge in [-0.25, -0.2) is 0 Å². The summed E-state index contributed by atoms with van der Waals surface area (Å²) in [6.45, 7) is 3.42. The van der Waals surface area contributed by atoms with E-state index in [0.29, 0.717) is 6.42 Å². The predicted molar refractivity (Wildman–Crippen MR) is 50.2 cm³/mol. The second kappa shape index (κ2) is 6.72. The van der Waals surface area contributed by atoms with Gasteiger partial charge in [0.2, 0.25) is 0 Å². The summed E-state index contributed by atoms with van der Waals surface area (Å²) in [5.74, 6) is 1.03. The van der Waals surface area contributed by atoms with Crippen LogP contribution in [0.2, 0.25) is 0 Å². The van der Waals surface area contributed by atoms with E-state index in [1.807, 2.05) is 0 Å². The topological polar surface area (TPSA) is 63.6 Å². The summed E-state index contributed by atoms with van der Waals surface area (Å²) >= 11 is 0. The number of hydrogen-bond donors (Lipinski definition) is 1. The fraction of sp³-hybridized carbons (Fsp3) is 0.400. The minimum absolute atomic E-state index is 0.0960. The van der Waals surface area contributed by atoms with Crippen molar-refractivity contribution in [1.82, 2.24) is 0 Å². The third kappa shape index (κ3) is 6.92. The average Bonchev–Trinajstić information content (AvgIpc) is 2.11. The predicted octanol–water partition coefficient (Wildman–Crippen LogP) is 1.32. The summed E-state index contributed by atoms with van der Waals surface area (Å²) in [5.41, 5.74) is 0. The van der Waals surface area contributed by atoms with Gasteiger partial charge < -0.3 is 9.84 Å². The first-order chi connectivity index (χ1) is 6.56. The summed E-state index contributed by atoms with van der Waals surface area (Å²) < 4.78 is 4.71. The zero-order valence-corrected chi connectivity index (χ0v) is 7.78. The van der Waals surface area contributed by atoms with Gasteiger partial charge in [-0.05, 0) is 0 Å². The molecule has 0 saturated heterocycles. The summed E-state index contributed by atoms with van der Waals surface area (Å²) in [4.78, 5) is 21.1. The van der Waals surface area contributed by atoms with E-state index in [1.54, 1.807) is 0 Å². The van der Waals surface area contributed by atoms with Gasteiger partial charge in [-0.2, -0.15) is 0 Å². The Balaban J connectivity index is 3.67. The average molecular weight is 196 g/mol.